The summed E-state index contributed by atoms with van der Waals surface area (Å²) in [6.07, 6.45) is 13.5. The first kappa shape index (κ1) is 19.1. The number of nitrogens with two attached hydrogens (primary N) is 1. The third-order valence-corrected chi connectivity index (χ3v) is 4.84. The molecule has 0 aliphatic heterocycles. The molecule has 1 aliphatic rings. The lowest BCUT2D eigenvalue weighted by atomic mass is 9.81. The Balaban J connectivity index is 0.00000116. The van der Waals surface area contributed by atoms with E-state index in [2.05, 4.69) is 55.5 Å². The second kappa shape index (κ2) is 10.7. The highest BCUT2D eigenvalue weighted by molar-refractivity contribution is 7.99. The van der Waals surface area contributed by atoms with E-state index < -0.39 is 0 Å². The zero-order valence-corrected chi connectivity index (χ0v) is 15.2. The van der Waals surface area contributed by atoms with Crippen molar-refractivity contribution in [2.45, 2.75) is 51.3 Å². The summed E-state index contributed by atoms with van der Waals surface area (Å²) in [7, 11) is 0. The molecule has 122 valence electrons. The van der Waals surface area contributed by atoms with Gasteiger partial charge >= 0.3 is 0 Å². The van der Waals surface area contributed by atoms with Gasteiger partial charge in [0.25, 0.3) is 0 Å². The van der Waals surface area contributed by atoms with E-state index in [-0.39, 0.29) is 0 Å². The Kier molecular flexibility index (Phi) is 9.26. The van der Waals surface area contributed by atoms with Crippen molar-refractivity contribution in [2.75, 3.05) is 12.3 Å². The molecule has 0 saturated carbocycles. The number of rotatable bonds is 7. The number of hydrogen-bond donors (Lipinski definition) is 1. The summed E-state index contributed by atoms with van der Waals surface area (Å²) in [6.45, 7) is 7.13. The van der Waals surface area contributed by atoms with E-state index in [1.54, 1.807) is 0 Å². The van der Waals surface area contributed by atoms with E-state index in [9.17, 15) is 0 Å². The summed E-state index contributed by atoms with van der Waals surface area (Å²) >= 11 is 1.97. The number of hydrogen-bond acceptors (Lipinski definition) is 2. The summed E-state index contributed by atoms with van der Waals surface area (Å²) < 4.78 is 0. The third-order valence-electron chi connectivity index (χ3n) is 3.84. The normalized spacial score (nSPS) is 19.6. The first-order chi connectivity index (χ1) is 10.7. The van der Waals surface area contributed by atoms with E-state index >= 15 is 0 Å². The summed E-state index contributed by atoms with van der Waals surface area (Å²) in [5.74, 6) is 1.18. The van der Waals surface area contributed by atoms with Crippen LogP contribution in [-0.2, 0) is 6.42 Å². The molecule has 0 aromatic heterocycles. The van der Waals surface area contributed by atoms with Crippen LogP contribution in [0.3, 0.4) is 0 Å². The van der Waals surface area contributed by atoms with Crippen molar-refractivity contribution >= 4 is 11.8 Å². The van der Waals surface area contributed by atoms with Crippen molar-refractivity contribution in [1.29, 1.82) is 0 Å². The van der Waals surface area contributed by atoms with Crippen molar-refractivity contribution in [3.8, 4) is 0 Å². The Hall–Kier alpha value is -0.990. The second-order valence-corrected chi connectivity index (χ2v) is 6.95. The van der Waals surface area contributed by atoms with Gasteiger partial charge in [-0.1, -0.05) is 57.2 Å². The Labute approximate surface area is 141 Å². The molecule has 1 unspecified atom stereocenters. The summed E-state index contributed by atoms with van der Waals surface area (Å²) in [6, 6.07) is 8.91. The minimum atomic E-state index is 0.346. The molecule has 2 N–H and O–H groups in total. The summed E-state index contributed by atoms with van der Waals surface area (Å²) in [5.41, 5.74) is 7.33. The highest BCUT2D eigenvalue weighted by Gasteiger charge is 2.20. The van der Waals surface area contributed by atoms with Crippen LogP contribution in [0.15, 0.2) is 53.5 Å². The molecule has 1 aromatic carbocycles. The van der Waals surface area contributed by atoms with Crippen molar-refractivity contribution < 1.29 is 0 Å². The average molecular weight is 318 g/mol. The monoisotopic (exact) mass is 317 g/mol. The second-order valence-electron chi connectivity index (χ2n) is 5.78. The predicted molar refractivity (Wildman–Crippen MR) is 102 cm³/mol. The first-order valence-electron chi connectivity index (χ1n) is 8.48. The Morgan fingerprint density at radius 3 is 2.73 bits per heavy atom. The van der Waals surface area contributed by atoms with E-state index in [1.165, 1.54) is 29.1 Å². The summed E-state index contributed by atoms with van der Waals surface area (Å²) in [5, 5.41) is 0. The quantitative estimate of drug-likeness (QED) is 0.662. The van der Waals surface area contributed by atoms with Gasteiger partial charge in [0.05, 0.1) is 0 Å². The van der Waals surface area contributed by atoms with Crippen molar-refractivity contribution in [1.82, 2.24) is 0 Å². The Morgan fingerprint density at radius 1 is 1.23 bits per heavy atom. The maximum Gasteiger partial charge on any atom is 0.00746 e. The standard InChI is InChI=1S/C18H25NS.C2H6/c1-18(10-3-2-4-11-18)12-14-20-17-9-5-7-16(15-17)8-6-13-19;1-2/h2-5,7,9-10,15H,6,8,11-14,19H2,1H3;1-2H3. The zero-order chi connectivity index (χ0) is 16.3. The van der Waals surface area contributed by atoms with Gasteiger partial charge in [0.1, 0.15) is 0 Å². The zero-order valence-electron chi connectivity index (χ0n) is 14.3. The van der Waals surface area contributed by atoms with Gasteiger partial charge in [-0.2, -0.15) is 0 Å². The van der Waals surface area contributed by atoms with E-state index in [0.29, 0.717) is 5.41 Å². The van der Waals surface area contributed by atoms with Gasteiger partial charge in [-0.3, -0.25) is 0 Å². The molecule has 0 bridgehead atoms. The average Bonchev–Trinajstić information content (AvgIpc) is 2.56. The molecule has 0 amide bonds. The van der Waals surface area contributed by atoms with Gasteiger partial charge in [0, 0.05) is 4.90 Å². The van der Waals surface area contributed by atoms with Crippen molar-refractivity contribution in [3.05, 3.63) is 54.1 Å². The molecule has 1 aromatic rings. The molecule has 1 atom stereocenters. The molecule has 1 nitrogen and oxygen atoms in total. The van der Waals surface area contributed by atoms with Crippen LogP contribution < -0.4 is 5.73 Å². The number of aryl methyl sites for hydroxylation is 1. The van der Waals surface area contributed by atoms with Crippen LogP contribution in [0.25, 0.3) is 0 Å². The molecule has 22 heavy (non-hydrogen) atoms. The van der Waals surface area contributed by atoms with Gasteiger partial charge in [-0.25, -0.2) is 0 Å². The minimum absolute atomic E-state index is 0.346. The summed E-state index contributed by atoms with van der Waals surface area (Å²) in [4.78, 5) is 1.39. The lowest BCUT2D eigenvalue weighted by Gasteiger charge is -2.26. The van der Waals surface area contributed by atoms with Crippen molar-refractivity contribution in [3.63, 3.8) is 0 Å². The molecule has 0 spiro atoms. The third kappa shape index (κ3) is 6.85. The molecule has 0 heterocycles. The maximum absolute atomic E-state index is 5.57. The van der Waals surface area contributed by atoms with E-state index in [1.807, 2.05) is 25.6 Å². The number of allylic oxidation sites excluding steroid dienone is 4. The fourth-order valence-corrected chi connectivity index (χ4v) is 3.67. The van der Waals surface area contributed by atoms with Crippen LogP contribution in [0.4, 0.5) is 0 Å². The van der Waals surface area contributed by atoms with E-state index in [0.717, 1.165) is 19.4 Å². The lowest BCUT2D eigenvalue weighted by molar-refractivity contribution is 0.417. The Bertz CT molecular complexity index is 478. The molecule has 0 saturated heterocycles. The topological polar surface area (TPSA) is 26.0 Å². The number of benzene rings is 1. The fourth-order valence-electron chi connectivity index (χ4n) is 2.46. The van der Waals surface area contributed by atoms with Crippen LogP contribution in [0, 0.1) is 5.41 Å². The van der Waals surface area contributed by atoms with Crippen molar-refractivity contribution in [2.24, 2.45) is 11.1 Å². The smallest absolute Gasteiger partial charge is 0.00746 e. The number of thioether (sulfide) groups is 1. The predicted octanol–water partition coefficient (Wildman–Crippen LogP) is 5.61. The molecule has 2 heteroatoms. The molecular weight excluding hydrogens is 286 g/mol. The molecular formula is C20H31NS. The maximum atomic E-state index is 5.57. The largest absolute Gasteiger partial charge is 0.330 e. The van der Waals surface area contributed by atoms with E-state index in [4.69, 9.17) is 5.73 Å². The van der Waals surface area contributed by atoms with Gasteiger partial charge in [0.15, 0.2) is 0 Å². The van der Waals surface area contributed by atoms with Gasteiger partial charge in [0.2, 0.25) is 0 Å². The molecule has 0 radical (unpaired) electrons. The fraction of sp³-hybridized carbons (Fsp3) is 0.500. The highest BCUT2D eigenvalue weighted by Crippen LogP contribution is 2.33. The Morgan fingerprint density at radius 2 is 2.05 bits per heavy atom. The van der Waals surface area contributed by atoms with Gasteiger partial charge < -0.3 is 5.73 Å². The highest BCUT2D eigenvalue weighted by atomic mass is 32.2. The van der Waals surface area contributed by atoms with Gasteiger partial charge in [-0.15, -0.1) is 11.8 Å². The molecule has 0 fully saturated rings. The van der Waals surface area contributed by atoms with Crippen LogP contribution in [0.2, 0.25) is 0 Å². The molecule has 2 rings (SSSR count). The lowest BCUT2D eigenvalue weighted by Crippen LogP contribution is -2.14. The SMILES string of the molecule is CC.CC1(CCSc2cccc(CCCN)c2)C=CC=CC1. The first-order valence-corrected chi connectivity index (χ1v) is 9.47. The van der Waals surface area contributed by atoms with Crippen LogP contribution in [0.5, 0.6) is 0 Å². The molecule has 1 aliphatic carbocycles. The minimum Gasteiger partial charge on any atom is -0.330 e. The van der Waals surface area contributed by atoms with Crippen LogP contribution in [0.1, 0.15) is 45.6 Å². The van der Waals surface area contributed by atoms with Crippen LogP contribution >= 0.6 is 11.8 Å². The van der Waals surface area contributed by atoms with Gasteiger partial charge in [-0.05, 0) is 61.1 Å². The van der Waals surface area contributed by atoms with Crippen LogP contribution in [-0.4, -0.2) is 12.3 Å².